The van der Waals surface area contributed by atoms with Crippen molar-refractivity contribution in [2.45, 2.75) is 12.5 Å². The Kier molecular flexibility index (Phi) is 5.54. The molecule has 0 aliphatic carbocycles. The van der Waals surface area contributed by atoms with E-state index in [2.05, 4.69) is 4.72 Å². The third kappa shape index (κ3) is 4.84. The van der Waals surface area contributed by atoms with Crippen LogP contribution in [0, 0.1) is 0 Å². The highest BCUT2D eigenvalue weighted by atomic mass is 32.2. The summed E-state index contributed by atoms with van der Waals surface area (Å²) in [5.41, 5.74) is 1.58. The molecule has 2 aromatic rings. The molecule has 22 heavy (non-hydrogen) atoms. The van der Waals surface area contributed by atoms with Crippen molar-refractivity contribution in [3.63, 3.8) is 0 Å². The lowest BCUT2D eigenvalue weighted by Gasteiger charge is -2.12. The van der Waals surface area contributed by atoms with Gasteiger partial charge < -0.3 is 9.67 Å². The van der Waals surface area contributed by atoms with Crippen molar-refractivity contribution in [3.8, 4) is 0 Å². The fraction of sp³-hybridized carbons (Fsp3) is 0.250. The summed E-state index contributed by atoms with van der Waals surface area (Å²) in [6.07, 6.45) is 3.00. The number of aryl methyl sites for hydroxylation is 1. The van der Waals surface area contributed by atoms with E-state index in [-0.39, 0.29) is 6.54 Å². The number of rotatable bonds is 7. The van der Waals surface area contributed by atoms with Crippen LogP contribution in [0.5, 0.6) is 0 Å². The second kappa shape index (κ2) is 7.40. The van der Waals surface area contributed by atoms with Crippen LogP contribution >= 0.6 is 0 Å². The van der Waals surface area contributed by atoms with Gasteiger partial charge >= 0.3 is 0 Å². The van der Waals surface area contributed by atoms with Gasteiger partial charge in [-0.25, -0.2) is 13.1 Å². The SMILES string of the molecule is Cn1cccc1C(O)CCNS(=O)(=O)C=Cc1ccccc1. The minimum absolute atomic E-state index is 0.174. The average molecular weight is 320 g/mol. The Morgan fingerprint density at radius 1 is 1.23 bits per heavy atom. The summed E-state index contributed by atoms with van der Waals surface area (Å²) in [6, 6.07) is 12.9. The Labute approximate surface area is 131 Å². The van der Waals surface area contributed by atoms with Crippen molar-refractivity contribution in [1.82, 2.24) is 9.29 Å². The second-order valence-corrected chi connectivity index (χ2v) is 6.65. The zero-order valence-electron chi connectivity index (χ0n) is 12.4. The van der Waals surface area contributed by atoms with Crippen LogP contribution in [0.25, 0.3) is 6.08 Å². The summed E-state index contributed by atoms with van der Waals surface area (Å²) in [5.74, 6) is 0. The lowest BCUT2D eigenvalue weighted by atomic mass is 10.2. The minimum Gasteiger partial charge on any atom is -0.387 e. The zero-order chi connectivity index (χ0) is 16.0. The molecule has 1 heterocycles. The van der Waals surface area contributed by atoms with Gasteiger partial charge in [0, 0.05) is 30.9 Å². The first-order valence-corrected chi connectivity index (χ1v) is 8.55. The number of nitrogens with zero attached hydrogens (tertiary/aromatic N) is 1. The molecule has 0 radical (unpaired) electrons. The molecule has 1 aromatic heterocycles. The third-order valence-electron chi connectivity index (χ3n) is 3.29. The van der Waals surface area contributed by atoms with Crippen molar-refractivity contribution < 1.29 is 13.5 Å². The highest BCUT2D eigenvalue weighted by molar-refractivity contribution is 7.92. The number of sulfonamides is 1. The Hall–Kier alpha value is -1.89. The van der Waals surface area contributed by atoms with Gasteiger partial charge in [0.25, 0.3) is 0 Å². The third-order valence-corrected chi connectivity index (χ3v) is 4.39. The lowest BCUT2D eigenvalue weighted by molar-refractivity contribution is 0.161. The molecule has 1 unspecified atom stereocenters. The molecule has 0 aliphatic rings. The number of nitrogens with one attached hydrogen (secondary N) is 1. The van der Waals surface area contributed by atoms with Gasteiger partial charge in [0.15, 0.2) is 0 Å². The molecule has 0 aliphatic heterocycles. The Balaban J connectivity index is 1.85. The molecule has 0 saturated heterocycles. The van der Waals surface area contributed by atoms with Gasteiger partial charge in [-0.05, 0) is 30.2 Å². The lowest BCUT2D eigenvalue weighted by Crippen LogP contribution is -2.24. The number of benzene rings is 1. The molecule has 1 atom stereocenters. The maximum atomic E-state index is 11.9. The van der Waals surface area contributed by atoms with E-state index in [0.717, 1.165) is 16.7 Å². The van der Waals surface area contributed by atoms with Gasteiger partial charge in [-0.2, -0.15) is 0 Å². The summed E-state index contributed by atoms with van der Waals surface area (Å²) in [7, 11) is -1.66. The highest BCUT2D eigenvalue weighted by Gasteiger charge is 2.12. The van der Waals surface area contributed by atoms with Crippen LogP contribution in [-0.2, 0) is 17.1 Å². The van der Waals surface area contributed by atoms with E-state index in [1.807, 2.05) is 60.3 Å². The van der Waals surface area contributed by atoms with Crippen molar-refractivity contribution in [2.24, 2.45) is 7.05 Å². The van der Waals surface area contributed by atoms with Gasteiger partial charge in [-0.3, -0.25) is 0 Å². The second-order valence-electron chi connectivity index (χ2n) is 5.00. The molecule has 5 nitrogen and oxygen atoms in total. The zero-order valence-corrected chi connectivity index (χ0v) is 13.2. The summed E-state index contributed by atoms with van der Waals surface area (Å²) in [6.45, 7) is 0.174. The van der Waals surface area contributed by atoms with Crippen LogP contribution < -0.4 is 4.72 Å². The van der Waals surface area contributed by atoms with E-state index < -0.39 is 16.1 Å². The van der Waals surface area contributed by atoms with Crippen molar-refractivity contribution in [1.29, 1.82) is 0 Å². The maximum Gasteiger partial charge on any atom is 0.233 e. The highest BCUT2D eigenvalue weighted by Crippen LogP contribution is 2.15. The van der Waals surface area contributed by atoms with Gasteiger partial charge in [0.2, 0.25) is 10.0 Å². The summed E-state index contributed by atoms with van der Waals surface area (Å²) in [5, 5.41) is 11.2. The van der Waals surface area contributed by atoms with Gasteiger partial charge in [-0.15, -0.1) is 0 Å². The van der Waals surface area contributed by atoms with E-state index >= 15 is 0 Å². The summed E-state index contributed by atoms with van der Waals surface area (Å²) >= 11 is 0. The number of aliphatic hydroxyl groups is 1. The number of hydrogen-bond donors (Lipinski definition) is 2. The molecule has 0 saturated carbocycles. The van der Waals surface area contributed by atoms with Gasteiger partial charge in [0.05, 0.1) is 6.10 Å². The topological polar surface area (TPSA) is 71.3 Å². The Morgan fingerprint density at radius 3 is 2.59 bits per heavy atom. The summed E-state index contributed by atoms with van der Waals surface area (Å²) < 4.78 is 28.0. The summed E-state index contributed by atoms with van der Waals surface area (Å²) in [4.78, 5) is 0. The Bertz CT molecular complexity index is 721. The fourth-order valence-corrected chi connectivity index (χ4v) is 2.92. The molecule has 0 spiro atoms. The predicted molar refractivity (Wildman–Crippen MR) is 87.4 cm³/mol. The molecule has 0 bridgehead atoms. The molecule has 6 heteroatoms. The molecule has 0 fully saturated rings. The first-order chi connectivity index (χ1) is 10.5. The molecule has 1 aromatic carbocycles. The van der Waals surface area contributed by atoms with Crippen molar-refractivity contribution in [3.05, 3.63) is 65.3 Å². The molecule has 2 rings (SSSR count). The minimum atomic E-state index is -3.50. The quantitative estimate of drug-likeness (QED) is 0.820. The van der Waals surface area contributed by atoms with Crippen LogP contribution in [0.2, 0.25) is 0 Å². The normalized spacial score (nSPS) is 13.5. The number of aromatic nitrogens is 1. The fourth-order valence-electron chi connectivity index (χ4n) is 2.09. The van der Waals surface area contributed by atoms with Gasteiger partial charge in [0.1, 0.15) is 0 Å². The molecule has 2 N–H and O–H groups in total. The van der Waals surface area contributed by atoms with E-state index in [4.69, 9.17) is 0 Å². The van der Waals surface area contributed by atoms with Crippen LogP contribution in [0.15, 0.2) is 54.1 Å². The van der Waals surface area contributed by atoms with Crippen molar-refractivity contribution in [2.75, 3.05) is 6.54 Å². The first kappa shape index (κ1) is 16.5. The predicted octanol–water partition coefficient (Wildman–Crippen LogP) is 2.04. The molecular formula is C16H20N2O3S. The Morgan fingerprint density at radius 2 is 1.95 bits per heavy atom. The number of hydrogen-bond acceptors (Lipinski definition) is 3. The number of aliphatic hydroxyl groups excluding tert-OH is 1. The van der Waals surface area contributed by atoms with Crippen molar-refractivity contribution >= 4 is 16.1 Å². The smallest absolute Gasteiger partial charge is 0.233 e. The standard InChI is InChI=1S/C16H20N2O3S/c1-18-12-5-8-15(18)16(19)9-11-17-22(20,21)13-10-14-6-3-2-4-7-14/h2-8,10,12-13,16-17,19H,9,11H2,1H3. The first-order valence-electron chi connectivity index (χ1n) is 7.00. The molecule has 0 amide bonds. The van der Waals surface area contributed by atoms with Gasteiger partial charge in [-0.1, -0.05) is 30.3 Å². The maximum absolute atomic E-state index is 11.9. The molecule has 118 valence electrons. The average Bonchev–Trinajstić information content (AvgIpc) is 2.92. The monoisotopic (exact) mass is 320 g/mol. The van der Waals surface area contributed by atoms with E-state index in [0.29, 0.717) is 6.42 Å². The van der Waals surface area contributed by atoms with E-state index in [1.54, 1.807) is 0 Å². The molecular weight excluding hydrogens is 300 g/mol. The largest absolute Gasteiger partial charge is 0.387 e. The van der Waals surface area contributed by atoms with Crippen LogP contribution in [0.1, 0.15) is 23.8 Å². The van der Waals surface area contributed by atoms with Crippen LogP contribution in [0.4, 0.5) is 0 Å². The van der Waals surface area contributed by atoms with E-state index in [9.17, 15) is 13.5 Å². The van der Waals surface area contributed by atoms with Crippen LogP contribution in [0.3, 0.4) is 0 Å². The van der Waals surface area contributed by atoms with E-state index in [1.165, 1.54) is 6.08 Å². The van der Waals surface area contributed by atoms with Crippen LogP contribution in [-0.4, -0.2) is 24.6 Å².